The van der Waals surface area contributed by atoms with E-state index in [0.717, 1.165) is 20.0 Å². The lowest BCUT2D eigenvalue weighted by Crippen LogP contribution is -2.54. The van der Waals surface area contributed by atoms with Gasteiger partial charge in [-0.15, -0.1) is 22.7 Å². The van der Waals surface area contributed by atoms with Crippen LogP contribution in [0.15, 0.2) is 17.5 Å². The molecule has 3 heterocycles. The van der Waals surface area contributed by atoms with Crippen LogP contribution >= 0.6 is 34.4 Å². The fourth-order valence-electron chi connectivity index (χ4n) is 2.76. The Balaban J connectivity index is 1.55. The fourth-order valence-corrected chi connectivity index (χ4v) is 5.33. The molecule has 1 saturated heterocycles. The molecule has 1 aliphatic heterocycles. The standard InChI is InChI=1S/C16H21N3O2S3/c1-22-8-2-11(17)15(20)18-4-6-19(7-5-18)16(21)14-10-13-12(24-14)3-9-23-13/h3,9-11H,2,4-8,17H2,1H3/t11-/m0/s1. The summed E-state index contributed by atoms with van der Waals surface area (Å²) in [6.07, 6.45) is 2.71. The van der Waals surface area contributed by atoms with Crippen LogP contribution in [-0.2, 0) is 4.79 Å². The Morgan fingerprint density at radius 3 is 2.62 bits per heavy atom. The molecule has 3 rings (SSSR count). The van der Waals surface area contributed by atoms with Crippen molar-refractivity contribution in [2.75, 3.05) is 38.2 Å². The molecule has 24 heavy (non-hydrogen) atoms. The number of nitrogens with two attached hydrogens (primary N) is 1. The molecule has 1 aliphatic rings. The Morgan fingerprint density at radius 1 is 1.25 bits per heavy atom. The molecule has 1 atom stereocenters. The van der Waals surface area contributed by atoms with E-state index in [4.69, 9.17) is 5.73 Å². The van der Waals surface area contributed by atoms with Crippen LogP contribution in [0, 0.1) is 0 Å². The molecule has 0 spiro atoms. The lowest BCUT2D eigenvalue weighted by Gasteiger charge is -2.35. The molecule has 2 aromatic rings. The first-order valence-electron chi connectivity index (χ1n) is 7.89. The van der Waals surface area contributed by atoms with Gasteiger partial charge in [0.2, 0.25) is 5.91 Å². The quantitative estimate of drug-likeness (QED) is 0.860. The van der Waals surface area contributed by atoms with Crippen molar-refractivity contribution in [3.05, 3.63) is 22.4 Å². The average molecular weight is 384 g/mol. The van der Waals surface area contributed by atoms with Gasteiger partial charge in [0.05, 0.1) is 10.9 Å². The molecule has 130 valence electrons. The van der Waals surface area contributed by atoms with Crippen molar-refractivity contribution < 1.29 is 9.59 Å². The second-order valence-electron chi connectivity index (χ2n) is 5.77. The fraction of sp³-hybridized carbons (Fsp3) is 0.500. The number of carbonyl (C=O) groups is 2. The van der Waals surface area contributed by atoms with E-state index in [1.807, 2.05) is 28.7 Å². The van der Waals surface area contributed by atoms with E-state index in [2.05, 4.69) is 0 Å². The minimum absolute atomic E-state index is 0.00721. The third-order valence-corrected chi connectivity index (χ3v) is 6.90. The van der Waals surface area contributed by atoms with E-state index >= 15 is 0 Å². The summed E-state index contributed by atoms with van der Waals surface area (Å²) in [6.45, 7) is 2.28. The predicted molar refractivity (Wildman–Crippen MR) is 103 cm³/mol. The summed E-state index contributed by atoms with van der Waals surface area (Å²) >= 11 is 4.90. The number of carbonyl (C=O) groups excluding carboxylic acids is 2. The molecule has 0 saturated carbocycles. The number of rotatable bonds is 5. The number of thioether (sulfide) groups is 1. The molecule has 5 nitrogen and oxygen atoms in total. The van der Waals surface area contributed by atoms with Gasteiger partial charge < -0.3 is 15.5 Å². The number of hydrogen-bond donors (Lipinski definition) is 1. The summed E-state index contributed by atoms with van der Waals surface area (Å²) in [5.74, 6) is 0.968. The third kappa shape index (κ3) is 3.77. The van der Waals surface area contributed by atoms with Crippen LogP contribution in [0.3, 0.4) is 0 Å². The van der Waals surface area contributed by atoms with Crippen molar-refractivity contribution in [3.8, 4) is 0 Å². The smallest absolute Gasteiger partial charge is 0.264 e. The molecule has 0 bridgehead atoms. The van der Waals surface area contributed by atoms with Crippen LogP contribution in [-0.4, -0.2) is 65.8 Å². The number of thiophene rings is 2. The number of hydrogen-bond acceptors (Lipinski definition) is 6. The van der Waals surface area contributed by atoms with Crippen LogP contribution < -0.4 is 5.73 Å². The summed E-state index contributed by atoms with van der Waals surface area (Å²) in [5, 5.41) is 2.04. The minimum Gasteiger partial charge on any atom is -0.338 e. The number of piperazine rings is 1. The van der Waals surface area contributed by atoms with Gasteiger partial charge in [-0.3, -0.25) is 9.59 Å². The zero-order chi connectivity index (χ0) is 17.1. The minimum atomic E-state index is -0.427. The highest BCUT2D eigenvalue weighted by atomic mass is 32.2. The molecule has 0 radical (unpaired) electrons. The summed E-state index contributed by atoms with van der Waals surface area (Å²) in [5.41, 5.74) is 5.97. The highest BCUT2D eigenvalue weighted by Crippen LogP contribution is 2.30. The number of amides is 2. The molecule has 0 aliphatic carbocycles. The zero-order valence-electron chi connectivity index (χ0n) is 13.6. The lowest BCUT2D eigenvalue weighted by molar-refractivity contribution is -0.134. The molecule has 0 unspecified atom stereocenters. The van der Waals surface area contributed by atoms with Gasteiger partial charge in [-0.05, 0) is 35.9 Å². The first-order valence-corrected chi connectivity index (χ1v) is 11.0. The van der Waals surface area contributed by atoms with Gasteiger partial charge in [-0.2, -0.15) is 11.8 Å². The second-order valence-corrected chi connectivity index (χ2v) is 8.78. The van der Waals surface area contributed by atoms with E-state index in [9.17, 15) is 9.59 Å². The molecule has 8 heteroatoms. The summed E-state index contributed by atoms with van der Waals surface area (Å²) in [4.78, 5) is 29.4. The summed E-state index contributed by atoms with van der Waals surface area (Å²) in [6, 6.07) is 3.60. The van der Waals surface area contributed by atoms with E-state index in [1.54, 1.807) is 39.3 Å². The zero-order valence-corrected chi connectivity index (χ0v) is 16.0. The largest absolute Gasteiger partial charge is 0.338 e. The van der Waals surface area contributed by atoms with Gasteiger partial charge in [0.1, 0.15) is 0 Å². The van der Waals surface area contributed by atoms with Crippen molar-refractivity contribution in [1.82, 2.24) is 9.80 Å². The van der Waals surface area contributed by atoms with E-state index in [1.165, 1.54) is 0 Å². The van der Waals surface area contributed by atoms with Gasteiger partial charge in [-0.1, -0.05) is 0 Å². The van der Waals surface area contributed by atoms with Gasteiger partial charge in [0.25, 0.3) is 5.91 Å². The van der Waals surface area contributed by atoms with Crippen LogP contribution in [0.2, 0.25) is 0 Å². The molecular weight excluding hydrogens is 362 g/mol. The first-order chi connectivity index (χ1) is 11.6. The Kier molecular flexibility index (Phi) is 5.80. The average Bonchev–Trinajstić information content (AvgIpc) is 3.20. The summed E-state index contributed by atoms with van der Waals surface area (Å²) < 4.78 is 2.33. The van der Waals surface area contributed by atoms with Crippen LogP contribution in [0.1, 0.15) is 16.1 Å². The van der Waals surface area contributed by atoms with Crippen molar-refractivity contribution in [2.24, 2.45) is 5.73 Å². The van der Waals surface area contributed by atoms with Crippen LogP contribution in [0.5, 0.6) is 0 Å². The van der Waals surface area contributed by atoms with E-state index < -0.39 is 6.04 Å². The summed E-state index contributed by atoms with van der Waals surface area (Å²) in [7, 11) is 0. The van der Waals surface area contributed by atoms with Gasteiger partial charge in [0, 0.05) is 35.6 Å². The van der Waals surface area contributed by atoms with Crippen molar-refractivity contribution in [3.63, 3.8) is 0 Å². The second kappa shape index (κ2) is 7.86. The third-order valence-electron chi connectivity index (χ3n) is 4.18. The van der Waals surface area contributed by atoms with Crippen LogP contribution in [0.25, 0.3) is 9.40 Å². The molecule has 2 N–H and O–H groups in total. The lowest BCUT2D eigenvalue weighted by atomic mass is 10.2. The Labute approximate surface area is 153 Å². The predicted octanol–water partition coefficient (Wildman–Crippen LogP) is 2.33. The molecule has 2 aromatic heterocycles. The van der Waals surface area contributed by atoms with Crippen LogP contribution in [0.4, 0.5) is 0 Å². The van der Waals surface area contributed by atoms with E-state index in [0.29, 0.717) is 32.6 Å². The monoisotopic (exact) mass is 383 g/mol. The van der Waals surface area contributed by atoms with Gasteiger partial charge in [-0.25, -0.2) is 0 Å². The Bertz CT molecular complexity index is 691. The molecule has 2 amide bonds. The van der Waals surface area contributed by atoms with Crippen molar-refractivity contribution in [2.45, 2.75) is 12.5 Å². The number of fused-ring (bicyclic) bond motifs is 1. The van der Waals surface area contributed by atoms with Gasteiger partial charge in [0.15, 0.2) is 0 Å². The van der Waals surface area contributed by atoms with Gasteiger partial charge >= 0.3 is 0 Å². The normalized spacial score (nSPS) is 16.6. The van der Waals surface area contributed by atoms with E-state index in [-0.39, 0.29) is 11.8 Å². The highest BCUT2D eigenvalue weighted by Gasteiger charge is 2.28. The molecule has 1 fully saturated rings. The maximum absolute atomic E-state index is 12.6. The Hall–Kier alpha value is -1.09. The Morgan fingerprint density at radius 2 is 1.96 bits per heavy atom. The maximum atomic E-state index is 12.6. The van der Waals surface area contributed by atoms with Crippen molar-refractivity contribution in [1.29, 1.82) is 0 Å². The molecule has 0 aromatic carbocycles. The molecular formula is C16H21N3O2S3. The SMILES string of the molecule is CSCC[C@H](N)C(=O)N1CCN(C(=O)c2cc3sccc3s2)CC1. The maximum Gasteiger partial charge on any atom is 0.264 e. The topological polar surface area (TPSA) is 66.6 Å². The number of nitrogens with zero attached hydrogens (tertiary/aromatic N) is 2. The first kappa shape index (κ1) is 17.7. The highest BCUT2D eigenvalue weighted by molar-refractivity contribution is 7.98. The van der Waals surface area contributed by atoms with Crippen molar-refractivity contribution >= 4 is 55.6 Å².